The van der Waals surface area contributed by atoms with Gasteiger partial charge in [0.15, 0.2) is 17.5 Å². The topological polar surface area (TPSA) is 90.2 Å². The lowest BCUT2D eigenvalue weighted by molar-refractivity contribution is 1.08. The van der Waals surface area contributed by atoms with Gasteiger partial charge in [-0.25, -0.2) is 15.0 Å². The first-order valence-corrected chi connectivity index (χ1v) is 22.7. The molecule has 0 aliphatic heterocycles. The van der Waals surface area contributed by atoms with Gasteiger partial charge in [-0.05, 0) is 154 Å². The molecule has 314 valence electrons. The molecule has 0 N–H and O–H groups in total. The third-order valence-electron chi connectivity index (χ3n) is 13.4. The van der Waals surface area contributed by atoms with Crippen molar-refractivity contribution in [2.75, 3.05) is 0 Å². The molecule has 0 radical (unpaired) electrons. The normalized spacial score (nSPS) is 11.8. The molecule has 7 heteroatoms. The van der Waals surface area contributed by atoms with E-state index in [-0.39, 0.29) is 0 Å². The van der Waals surface area contributed by atoms with Crippen molar-refractivity contribution in [3.63, 3.8) is 0 Å². The molecule has 0 spiro atoms. The standard InChI is InChI=1S/C61H35N7/c1-3-11-47-38(9-1)30-53(51-15-7-5-13-49(47)51)44-27-45(54-31-39-10-2-4-12-48(39)50-14-6-8-16-52(50)54)29-46(28-44)61-67-59(40-19-17-36-32-55-57(34-42(36)25-40)64-23-21-62-55)66-60(68-61)41-20-18-37-33-56-58(35-43(37)26-41)65-24-22-63-56/h1-35H. The largest absolute Gasteiger partial charge is 0.253 e. The summed E-state index contributed by atoms with van der Waals surface area (Å²) in [6.45, 7) is 0. The van der Waals surface area contributed by atoms with Gasteiger partial charge >= 0.3 is 0 Å². The molecule has 14 rings (SSSR count). The number of nitrogens with zero attached hydrogens (tertiary/aromatic N) is 7. The Bertz CT molecular complexity index is 4140. The Hall–Kier alpha value is -9.33. The second-order valence-electron chi connectivity index (χ2n) is 17.4. The van der Waals surface area contributed by atoms with Crippen LogP contribution in [-0.2, 0) is 0 Å². The Kier molecular flexibility index (Phi) is 8.45. The highest BCUT2D eigenvalue weighted by Crippen LogP contribution is 2.42. The summed E-state index contributed by atoms with van der Waals surface area (Å²) < 4.78 is 0. The van der Waals surface area contributed by atoms with Crippen molar-refractivity contribution in [3.8, 4) is 56.4 Å². The smallest absolute Gasteiger partial charge is 0.164 e. The Morgan fingerprint density at radius 2 is 0.574 bits per heavy atom. The van der Waals surface area contributed by atoms with E-state index in [0.29, 0.717) is 17.5 Å². The van der Waals surface area contributed by atoms with E-state index < -0.39 is 0 Å². The Morgan fingerprint density at radius 3 is 1.01 bits per heavy atom. The summed E-state index contributed by atoms with van der Waals surface area (Å²) in [7, 11) is 0. The van der Waals surface area contributed by atoms with Gasteiger partial charge in [0.1, 0.15) is 0 Å². The van der Waals surface area contributed by atoms with E-state index in [1.807, 2.05) is 0 Å². The van der Waals surface area contributed by atoms with Crippen LogP contribution in [0.3, 0.4) is 0 Å². The molecular formula is C61H35N7. The summed E-state index contributed by atoms with van der Waals surface area (Å²) in [6.07, 6.45) is 6.91. The first-order chi connectivity index (χ1) is 33.6. The number of rotatable bonds is 5. The quantitative estimate of drug-likeness (QED) is 0.126. The number of benzene rings is 11. The number of aromatic nitrogens is 7. The van der Waals surface area contributed by atoms with Crippen molar-refractivity contribution in [1.82, 2.24) is 34.9 Å². The maximum absolute atomic E-state index is 5.40. The van der Waals surface area contributed by atoms with Crippen LogP contribution in [0.5, 0.6) is 0 Å². The van der Waals surface area contributed by atoms with E-state index in [1.165, 1.54) is 43.1 Å². The summed E-state index contributed by atoms with van der Waals surface area (Å²) in [5.74, 6) is 1.70. The van der Waals surface area contributed by atoms with Crippen LogP contribution in [0.15, 0.2) is 213 Å². The summed E-state index contributed by atoms with van der Waals surface area (Å²) >= 11 is 0. The van der Waals surface area contributed by atoms with Crippen LogP contribution >= 0.6 is 0 Å². The van der Waals surface area contributed by atoms with Crippen LogP contribution < -0.4 is 0 Å². The molecular weight excluding hydrogens is 831 g/mol. The van der Waals surface area contributed by atoms with E-state index in [0.717, 1.165) is 82.6 Å². The summed E-state index contributed by atoms with van der Waals surface area (Å²) in [6, 6.07) is 67.2. The molecule has 0 saturated heterocycles. The summed E-state index contributed by atoms with van der Waals surface area (Å²) in [4.78, 5) is 34.4. The van der Waals surface area contributed by atoms with E-state index in [2.05, 4.69) is 208 Å². The lowest BCUT2D eigenvalue weighted by Gasteiger charge is -2.17. The van der Waals surface area contributed by atoms with Gasteiger partial charge in [0, 0.05) is 41.5 Å². The van der Waals surface area contributed by atoms with Gasteiger partial charge in [-0.1, -0.05) is 121 Å². The molecule has 14 aromatic rings. The Morgan fingerprint density at radius 1 is 0.221 bits per heavy atom. The van der Waals surface area contributed by atoms with Crippen molar-refractivity contribution < 1.29 is 0 Å². The first-order valence-electron chi connectivity index (χ1n) is 22.7. The molecule has 68 heavy (non-hydrogen) atoms. The highest BCUT2D eigenvalue weighted by molar-refractivity contribution is 6.16. The molecule has 0 aliphatic carbocycles. The molecule has 11 aromatic carbocycles. The molecule has 0 atom stereocenters. The summed E-state index contributed by atoms with van der Waals surface area (Å²) in [5, 5.41) is 13.7. The van der Waals surface area contributed by atoms with Gasteiger partial charge in [-0.3, -0.25) is 19.9 Å². The predicted octanol–water partition coefficient (Wildman–Crippen LogP) is 15.0. The average molecular weight is 866 g/mol. The Balaban J connectivity index is 1.05. The Labute approximate surface area is 389 Å². The van der Waals surface area contributed by atoms with E-state index in [4.69, 9.17) is 15.0 Å². The third-order valence-corrected chi connectivity index (χ3v) is 13.4. The zero-order chi connectivity index (χ0) is 44.7. The zero-order valence-corrected chi connectivity index (χ0v) is 36.3. The number of fused-ring (bicyclic) bond motifs is 10. The maximum atomic E-state index is 5.40. The molecule has 0 unspecified atom stereocenters. The minimum absolute atomic E-state index is 0.565. The monoisotopic (exact) mass is 865 g/mol. The fourth-order valence-corrected chi connectivity index (χ4v) is 10.1. The lowest BCUT2D eigenvalue weighted by Crippen LogP contribution is -2.01. The zero-order valence-electron chi connectivity index (χ0n) is 36.3. The fraction of sp³-hybridized carbons (Fsp3) is 0. The molecule has 0 amide bonds. The van der Waals surface area contributed by atoms with Crippen molar-refractivity contribution in [3.05, 3.63) is 213 Å². The lowest BCUT2D eigenvalue weighted by atomic mass is 9.88. The second-order valence-corrected chi connectivity index (χ2v) is 17.4. The van der Waals surface area contributed by atoms with Crippen LogP contribution in [0, 0.1) is 0 Å². The average Bonchev–Trinajstić information content (AvgIpc) is 3.40. The van der Waals surface area contributed by atoms with Crippen LogP contribution in [0.4, 0.5) is 0 Å². The predicted molar refractivity (Wildman–Crippen MR) is 278 cm³/mol. The van der Waals surface area contributed by atoms with Gasteiger partial charge in [0.2, 0.25) is 0 Å². The molecule has 0 bridgehead atoms. The SMILES string of the molecule is c1ccc2c(c1)cc(-c1cc(-c3nc(-c4ccc5cc6nccnc6cc5c4)nc(-c4ccc5cc6nccnc6cc5c4)n3)cc(-c3cc4ccccc4c4ccccc34)c1)c1ccccc12. The molecule has 7 nitrogen and oxygen atoms in total. The first kappa shape index (κ1) is 38.0. The molecule has 0 saturated carbocycles. The van der Waals surface area contributed by atoms with Crippen LogP contribution in [-0.4, -0.2) is 34.9 Å². The van der Waals surface area contributed by atoms with Crippen molar-refractivity contribution in [2.45, 2.75) is 0 Å². The molecule has 3 heterocycles. The molecule has 0 fully saturated rings. The van der Waals surface area contributed by atoms with Crippen molar-refractivity contribution in [2.24, 2.45) is 0 Å². The van der Waals surface area contributed by atoms with E-state index in [9.17, 15) is 0 Å². The molecule has 3 aromatic heterocycles. The van der Waals surface area contributed by atoms with Crippen LogP contribution in [0.25, 0.3) is 143 Å². The minimum Gasteiger partial charge on any atom is -0.253 e. The fourth-order valence-electron chi connectivity index (χ4n) is 10.1. The van der Waals surface area contributed by atoms with Crippen molar-refractivity contribution >= 4 is 86.7 Å². The van der Waals surface area contributed by atoms with Gasteiger partial charge in [-0.2, -0.15) is 0 Å². The number of hydrogen-bond donors (Lipinski definition) is 0. The molecule has 0 aliphatic rings. The highest BCUT2D eigenvalue weighted by Gasteiger charge is 2.19. The van der Waals surface area contributed by atoms with Gasteiger partial charge in [0.05, 0.1) is 22.1 Å². The highest BCUT2D eigenvalue weighted by atomic mass is 15.0. The second kappa shape index (κ2) is 15.1. The summed E-state index contributed by atoms with van der Waals surface area (Å²) in [5.41, 5.74) is 10.4. The maximum Gasteiger partial charge on any atom is 0.164 e. The van der Waals surface area contributed by atoms with Gasteiger partial charge in [0.25, 0.3) is 0 Å². The third kappa shape index (κ3) is 6.32. The van der Waals surface area contributed by atoms with Crippen LogP contribution in [0.2, 0.25) is 0 Å². The van der Waals surface area contributed by atoms with Crippen LogP contribution in [0.1, 0.15) is 0 Å². The minimum atomic E-state index is 0.565. The van der Waals surface area contributed by atoms with Gasteiger partial charge < -0.3 is 0 Å². The van der Waals surface area contributed by atoms with Gasteiger partial charge in [-0.15, -0.1) is 0 Å². The number of hydrogen-bond acceptors (Lipinski definition) is 7. The van der Waals surface area contributed by atoms with Crippen molar-refractivity contribution in [1.29, 1.82) is 0 Å². The van der Waals surface area contributed by atoms with E-state index >= 15 is 0 Å². The van der Waals surface area contributed by atoms with E-state index in [1.54, 1.807) is 24.8 Å².